The minimum absolute atomic E-state index is 0.182. The van der Waals surface area contributed by atoms with Crippen LogP contribution in [-0.4, -0.2) is 44.7 Å². The van der Waals surface area contributed by atoms with Crippen LogP contribution in [0.3, 0.4) is 0 Å². The highest BCUT2D eigenvalue weighted by Gasteiger charge is 2.22. The number of rotatable bonds is 13. The lowest BCUT2D eigenvalue weighted by Gasteiger charge is -2.20. The van der Waals surface area contributed by atoms with Crippen molar-refractivity contribution in [3.05, 3.63) is 54.1 Å². The highest BCUT2D eigenvalue weighted by atomic mass is 16.5. The Morgan fingerprint density at radius 2 is 1.60 bits per heavy atom. The van der Waals surface area contributed by atoms with Gasteiger partial charge in [-0.05, 0) is 79.6 Å². The number of carbonyl (C=O) groups excluding carboxylic acids is 2. The molecule has 1 fully saturated rings. The van der Waals surface area contributed by atoms with E-state index in [4.69, 9.17) is 9.47 Å². The van der Waals surface area contributed by atoms with Gasteiger partial charge in [0.05, 0.1) is 13.7 Å². The normalized spacial score (nSPS) is 14.4. The zero-order valence-corrected chi connectivity index (χ0v) is 21.1. The SMILES string of the molecule is COc1ccc(C(=O)N[C@@H](CC(C)C)C(=O)NCCNc2ccc(OCC3CCCC3)cc2)cc1. The maximum absolute atomic E-state index is 12.8. The van der Waals surface area contributed by atoms with Crippen LogP contribution in [0.1, 0.15) is 56.3 Å². The molecule has 3 rings (SSSR count). The second-order valence-electron chi connectivity index (χ2n) is 9.59. The quantitative estimate of drug-likeness (QED) is 0.363. The third-order valence-corrected chi connectivity index (χ3v) is 6.25. The number of benzene rings is 2. The van der Waals surface area contributed by atoms with E-state index in [1.54, 1.807) is 31.4 Å². The molecule has 2 amide bonds. The van der Waals surface area contributed by atoms with Crippen molar-refractivity contribution in [2.24, 2.45) is 11.8 Å². The zero-order valence-electron chi connectivity index (χ0n) is 21.1. The van der Waals surface area contributed by atoms with Crippen molar-refractivity contribution in [2.45, 2.75) is 52.0 Å². The van der Waals surface area contributed by atoms with Crippen molar-refractivity contribution < 1.29 is 19.1 Å². The van der Waals surface area contributed by atoms with Crippen LogP contribution in [0.5, 0.6) is 11.5 Å². The molecule has 1 aliphatic carbocycles. The average Bonchev–Trinajstić information content (AvgIpc) is 3.39. The molecule has 2 aromatic rings. The van der Waals surface area contributed by atoms with Gasteiger partial charge in [-0.1, -0.05) is 26.7 Å². The molecule has 0 radical (unpaired) electrons. The Hall–Kier alpha value is -3.22. The van der Waals surface area contributed by atoms with Crippen LogP contribution in [0, 0.1) is 11.8 Å². The summed E-state index contributed by atoms with van der Waals surface area (Å²) in [6.07, 6.45) is 5.74. The molecule has 0 aromatic heterocycles. The molecule has 7 nitrogen and oxygen atoms in total. The molecule has 0 spiro atoms. The molecule has 0 bridgehead atoms. The average molecular weight is 482 g/mol. The molecule has 1 aliphatic rings. The smallest absolute Gasteiger partial charge is 0.251 e. The van der Waals surface area contributed by atoms with Crippen LogP contribution in [0.2, 0.25) is 0 Å². The van der Waals surface area contributed by atoms with Crippen molar-refractivity contribution in [3.8, 4) is 11.5 Å². The number of hydrogen-bond donors (Lipinski definition) is 3. The van der Waals surface area contributed by atoms with Gasteiger partial charge in [0.15, 0.2) is 0 Å². The lowest BCUT2D eigenvalue weighted by Crippen LogP contribution is -2.48. The van der Waals surface area contributed by atoms with Crippen molar-refractivity contribution in [1.82, 2.24) is 10.6 Å². The van der Waals surface area contributed by atoms with E-state index < -0.39 is 6.04 Å². The fraction of sp³-hybridized carbons (Fsp3) is 0.500. The summed E-state index contributed by atoms with van der Waals surface area (Å²) < 4.78 is 11.0. The highest BCUT2D eigenvalue weighted by molar-refractivity contribution is 5.97. The van der Waals surface area contributed by atoms with Gasteiger partial charge in [-0.2, -0.15) is 0 Å². The van der Waals surface area contributed by atoms with E-state index >= 15 is 0 Å². The van der Waals surface area contributed by atoms with Crippen LogP contribution >= 0.6 is 0 Å². The number of amides is 2. The first kappa shape index (κ1) is 26.4. The Balaban J connectivity index is 1.41. The van der Waals surface area contributed by atoms with Crippen molar-refractivity contribution >= 4 is 17.5 Å². The van der Waals surface area contributed by atoms with E-state index in [9.17, 15) is 9.59 Å². The Labute approximate surface area is 209 Å². The van der Waals surface area contributed by atoms with Gasteiger partial charge in [0, 0.05) is 24.3 Å². The molecule has 190 valence electrons. The van der Waals surface area contributed by atoms with E-state index in [1.165, 1.54) is 25.7 Å². The Kier molecular flexibility index (Phi) is 10.3. The predicted octanol–water partition coefficient (Wildman–Crippen LogP) is 4.64. The summed E-state index contributed by atoms with van der Waals surface area (Å²) >= 11 is 0. The first-order chi connectivity index (χ1) is 16.9. The van der Waals surface area contributed by atoms with Crippen LogP contribution < -0.4 is 25.4 Å². The van der Waals surface area contributed by atoms with Crippen molar-refractivity contribution in [3.63, 3.8) is 0 Å². The topological polar surface area (TPSA) is 88.7 Å². The van der Waals surface area contributed by atoms with E-state index in [0.29, 0.717) is 36.7 Å². The summed E-state index contributed by atoms with van der Waals surface area (Å²) in [5.41, 5.74) is 1.46. The second kappa shape index (κ2) is 13.6. The molecule has 2 aromatic carbocycles. The molecule has 0 saturated heterocycles. The molecular weight excluding hydrogens is 442 g/mol. The Morgan fingerprint density at radius 3 is 2.23 bits per heavy atom. The summed E-state index contributed by atoms with van der Waals surface area (Å²) in [5, 5.41) is 9.12. The monoisotopic (exact) mass is 481 g/mol. The molecule has 35 heavy (non-hydrogen) atoms. The molecule has 7 heteroatoms. The van der Waals surface area contributed by atoms with Gasteiger partial charge in [0.25, 0.3) is 5.91 Å². The number of nitrogens with one attached hydrogen (secondary N) is 3. The largest absolute Gasteiger partial charge is 0.497 e. The molecular formula is C28H39N3O4. The lowest BCUT2D eigenvalue weighted by molar-refractivity contribution is -0.123. The summed E-state index contributed by atoms with van der Waals surface area (Å²) in [4.78, 5) is 25.4. The summed E-state index contributed by atoms with van der Waals surface area (Å²) in [6.45, 7) is 5.89. The van der Waals surface area contributed by atoms with Crippen LogP contribution in [0.4, 0.5) is 5.69 Å². The summed E-state index contributed by atoms with van der Waals surface area (Å²) in [5.74, 6) is 2.06. The van der Waals surface area contributed by atoms with Gasteiger partial charge in [0.2, 0.25) is 5.91 Å². The minimum Gasteiger partial charge on any atom is -0.497 e. The molecule has 0 unspecified atom stereocenters. The van der Waals surface area contributed by atoms with E-state index in [2.05, 4.69) is 16.0 Å². The van der Waals surface area contributed by atoms with Gasteiger partial charge in [-0.3, -0.25) is 9.59 Å². The number of hydrogen-bond acceptors (Lipinski definition) is 5. The molecule has 3 N–H and O–H groups in total. The predicted molar refractivity (Wildman–Crippen MR) is 139 cm³/mol. The van der Waals surface area contributed by atoms with E-state index in [1.807, 2.05) is 38.1 Å². The first-order valence-corrected chi connectivity index (χ1v) is 12.6. The van der Waals surface area contributed by atoms with E-state index in [-0.39, 0.29) is 17.7 Å². The molecule has 1 atom stereocenters. The van der Waals surface area contributed by atoms with Crippen LogP contribution in [0.25, 0.3) is 0 Å². The number of anilines is 1. The summed E-state index contributed by atoms with van der Waals surface area (Å²) in [7, 11) is 1.58. The number of methoxy groups -OCH3 is 1. The number of carbonyl (C=O) groups is 2. The van der Waals surface area contributed by atoms with Gasteiger partial charge in [-0.25, -0.2) is 0 Å². The van der Waals surface area contributed by atoms with Gasteiger partial charge >= 0.3 is 0 Å². The second-order valence-corrected chi connectivity index (χ2v) is 9.59. The zero-order chi connectivity index (χ0) is 25.0. The fourth-order valence-electron chi connectivity index (χ4n) is 4.26. The van der Waals surface area contributed by atoms with Crippen LogP contribution in [0.15, 0.2) is 48.5 Å². The van der Waals surface area contributed by atoms with Crippen LogP contribution in [-0.2, 0) is 4.79 Å². The van der Waals surface area contributed by atoms with Crippen molar-refractivity contribution in [1.29, 1.82) is 0 Å². The first-order valence-electron chi connectivity index (χ1n) is 12.6. The highest BCUT2D eigenvalue weighted by Crippen LogP contribution is 2.26. The van der Waals surface area contributed by atoms with E-state index in [0.717, 1.165) is 18.0 Å². The number of ether oxygens (including phenoxy) is 2. The maximum atomic E-state index is 12.8. The standard InChI is InChI=1S/C28H39N3O4/c1-20(2)18-26(31-27(32)22-8-12-24(34-3)13-9-22)28(33)30-17-16-29-23-10-14-25(15-11-23)35-19-21-6-4-5-7-21/h8-15,20-21,26,29H,4-7,16-19H2,1-3H3,(H,30,33)(H,31,32)/t26-/m0/s1. The third-order valence-electron chi connectivity index (χ3n) is 6.25. The molecule has 0 aliphatic heterocycles. The van der Waals surface area contributed by atoms with Gasteiger partial charge < -0.3 is 25.4 Å². The molecule has 1 saturated carbocycles. The maximum Gasteiger partial charge on any atom is 0.251 e. The van der Waals surface area contributed by atoms with Gasteiger partial charge in [-0.15, -0.1) is 0 Å². The fourth-order valence-corrected chi connectivity index (χ4v) is 4.26. The third kappa shape index (κ3) is 8.81. The Morgan fingerprint density at radius 1 is 0.943 bits per heavy atom. The lowest BCUT2D eigenvalue weighted by atomic mass is 10.0. The summed E-state index contributed by atoms with van der Waals surface area (Å²) in [6, 6.07) is 14.2. The van der Waals surface area contributed by atoms with Crippen molar-refractivity contribution in [2.75, 3.05) is 32.1 Å². The minimum atomic E-state index is -0.596. The molecule has 0 heterocycles. The van der Waals surface area contributed by atoms with Gasteiger partial charge in [0.1, 0.15) is 17.5 Å². The Bertz CT molecular complexity index is 922.